The van der Waals surface area contributed by atoms with Gasteiger partial charge in [0.15, 0.2) is 0 Å². The van der Waals surface area contributed by atoms with Gasteiger partial charge in [-0.05, 0) is 47.0 Å². The Hall–Kier alpha value is -0.730. The van der Waals surface area contributed by atoms with Crippen molar-refractivity contribution in [2.45, 2.75) is 105 Å². The first-order valence-corrected chi connectivity index (χ1v) is 13.0. The molecule has 3 atom stereocenters. The highest BCUT2D eigenvalue weighted by atomic mass is 31.2. The van der Waals surface area contributed by atoms with Gasteiger partial charge in [0.2, 0.25) is 12.5 Å². The third-order valence-corrected chi connectivity index (χ3v) is 7.82. The Morgan fingerprint density at radius 2 is 1.90 bits per heavy atom. The zero-order valence-electron chi connectivity index (χ0n) is 20.1. The maximum absolute atomic E-state index is 12.6. The van der Waals surface area contributed by atoms with Gasteiger partial charge < -0.3 is 18.8 Å². The Morgan fingerprint density at radius 1 is 1.20 bits per heavy atom. The van der Waals surface area contributed by atoms with E-state index >= 15 is 0 Å². The van der Waals surface area contributed by atoms with Crippen molar-refractivity contribution in [3.05, 3.63) is 11.4 Å². The molecule has 0 bridgehead atoms. The molecule has 0 radical (unpaired) electrons. The number of carbonyl (C=O) groups excluding carboxylic acids is 1. The number of hydrogen-bond acceptors (Lipinski definition) is 4. The number of unbranched alkanes of at least 4 members (excludes halogenated alkanes) is 3. The second-order valence-corrected chi connectivity index (χ2v) is 10.2. The molecule has 1 rings (SSSR count). The smallest absolute Gasteiger partial charge is 0.259 e. The van der Waals surface area contributed by atoms with Crippen LogP contribution in [0.15, 0.2) is 0 Å². The van der Waals surface area contributed by atoms with E-state index in [-0.39, 0.29) is 6.10 Å². The second-order valence-electron chi connectivity index (χ2n) is 8.77. The largest absolute Gasteiger partial charge is 0.342 e. The number of rotatable bonds is 14. The number of piperidine rings is 1. The van der Waals surface area contributed by atoms with Crippen LogP contribution in [0.3, 0.4) is 0 Å². The van der Waals surface area contributed by atoms with Crippen LogP contribution < -0.4 is 0 Å². The molecule has 1 aliphatic rings. The molecule has 1 heterocycles. The quantitative estimate of drug-likeness (QED) is 0.192. The summed E-state index contributed by atoms with van der Waals surface area (Å²) >= 11 is 0. The van der Waals surface area contributed by atoms with Crippen molar-refractivity contribution >= 4 is 14.4 Å². The summed E-state index contributed by atoms with van der Waals surface area (Å²) in [7, 11) is -1.23. The van der Waals surface area contributed by atoms with Crippen molar-refractivity contribution in [2.75, 3.05) is 26.2 Å². The van der Waals surface area contributed by atoms with E-state index < -0.39 is 8.53 Å². The average molecular weight is 442 g/mol. The monoisotopic (exact) mass is 441 g/mol. The molecule has 0 saturated carbocycles. The lowest BCUT2D eigenvalue weighted by molar-refractivity contribution is -0.134. The zero-order chi connectivity index (χ0) is 22.5. The highest BCUT2D eigenvalue weighted by molar-refractivity contribution is 7.44. The van der Waals surface area contributed by atoms with Crippen LogP contribution in [0.2, 0.25) is 0 Å². The van der Waals surface area contributed by atoms with Gasteiger partial charge in [-0.25, -0.2) is 11.2 Å². The number of amides is 1. The number of nitrogens with zero attached hydrogens (tertiary/aromatic N) is 3. The third kappa shape index (κ3) is 9.18. The molecule has 0 aromatic heterocycles. The maximum atomic E-state index is 12.6. The van der Waals surface area contributed by atoms with Crippen LogP contribution in [-0.2, 0) is 13.8 Å². The van der Waals surface area contributed by atoms with Crippen LogP contribution in [0.5, 0.6) is 0 Å². The molecule has 1 amide bonds. The maximum Gasteiger partial charge on any atom is 0.259 e. The predicted octanol–water partition coefficient (Wildman–Crippen LogP) is 5.88. The molecule has 174 valence electrons. The first-order chi connectivity index (χ1) is 14.3. The highest BCUT2D eigenvalue weighted by Crippen LogP contribution is 2.49. The molecule has 30 heavy (non-hydrogen) atoms. The summed E-state index contributed by atoms with van der Waals surface area (Å²) in [5.41, 5.74) is 0. The van der Waals surface area contributed by atoms with E-state index in [2.05, 4.69) is 51.1 Å². The molecule has 6 nitrogen and oxygen atoms in total. The molecule has 1 fully saturated rings. The van der Waals surface area contributed by atoms with Crippen LogP contribution in [-0.4, -0.2) is 59.9 Å². The van der Waals surface area contributed by atoms with Gasteiger partial charge in [-0.2, -0.15) is 0 Å². The summed E-state index contributed by atoms with van der Waals surface area (Å²) in [6.07, 6.45) is 7.15. The van der Waals surface area contributed by atoms with Gasteiger partial charge in [-0.3, -0.25) is 4.79 Å². The number of likely N-dealkylation sites (tertiary alicyclic amines) is 1. The number of carbonyl (C=O) groups is 1. The topological polar surface area (TPSA) is 46.4 Å². The lowest BCUT2D eigenvalue weighted by Gasteiger charge is -2.42. The van der Waals surface area contributed by atoms with Crippen molar-refractivity contribution < 1.29 is 13.8 Å². The minimum atomic E-state index is -1.23. The molecule has 0 N–H and O–H groups in total. The molecule has 0 aliphatic carbocycles. The first-order valence-electron chi connectivity index (χ1n) is 11.8. The fourth-order valence-electron chi connectivity index (χ4n) is 4.03. The molecule has 0 aromatic carbocycles. The second kappa shape index (κ2) is 15.1. The Labute approximate surface area is 186 Å². The standard InChI is InChI=1S/C23H44N3O3P/c1-8-10-11-12-13-23(27)25-16-14-22(21(9-2)18-25)29-30(28-17-15-24-7)26(19(3)4)20(5)6/h19-22H,8-18H2,1-6H3/t21-,22-,30?/m1/s1. The van der Waals surface area contributed by atoms with Gasteiger partial charge in [0.05, 0.1) is 6.10 Å². The summed E-state index contributed by atoms with van der Waals surface area (Å²) in [5.74, 6) is 0.624. The SMILES string of the molecule is [C-]#[N+]CCOP(O[C@@H]1CCN(C(=O)CCCCCC)C[C@H]1CC)N(C(C)C)C(C)C. The Balaban J connectivity index is 2.73. The normalized spacial score (nSPS) is 20.7. The minimum absolute atomic E-state index is 0.0955. The van der Waals surface area contributed by atoms with Crippen LogP contribution >= 0.6 is 8.53 Å². The molecule has 1 unspecified atom stereocenters. The predicted molar refractivity (Wildman–Crippen MR) is 125 cm³/mol. The van der Waals surface area contributed by atoms with Gasteiger partial charge in [-0.1, -0.05) is 33.1 Å². The van der Waals surface area contributed by atoms with Crippen molar-refractivity contribution in [3.8, 4) is 0 Å². The fourth-order valence-corrected chi connectivity index (χ4v) is 5.84. The molecule has 1 saturated heterocycles. The molecule has 0 spiro atoms. The molecule has 7 heteroatoms. The van der Waals surface area contributed by atoms with E-state index in [9.17, 15) is 4.79 Å². The van der Waals surface area contributed by atoms with E-state index in [1.807, 2.05) is 4.90 Å². The molecule has 1 aliphatic heterocycles. The summed E-state index contributed by atoms with van der Waals surface area (Å²) in [4.78, 5) is 18.1. The minimum Gasteiger partial charge on any atom is -0.342 e. The average Bonchev–Trinajstić information content (AvgIpc) is 2.70. The van der Waals surface area contributed by atoms with Crippen molar-refractivity contribution in [2.24, 2.45) is 5.92 Å². The van der Waals surface area contributed by atoms with Crippen molar-refractivity contribution in [3.63, 3.8) is 0 Å². The van der Waals surface area contributed by atoms with Gasteiger partial charge in [0.1, 0.15) is 6.61 Å². The van der Waals surface area contributed by atoms with Gasteiger partial charge >= 0.3 is 0 Å². The Bertz CT molecular complexity index is 516. The summed E-state index contributed by atoms with van der Waals surface area (Å²) < 4.78 is 15.0. The van der Waals surface area contributed by atoms with Crippen LogP contribution in [0.4, 0.5) is 0 Å². The molecule has 0 aromatic rings. The van der Waals surface area contributed by atoms with Crippen LogP contribution in [0.25, 0.3) is 4.85 Å². The van der Waals surface area contributed by atoms with E-state index in [0.717, 1.165) is 38.8 Å². The van der Waals surface area contributed by atoms with Gasteiger partial charge in [0, 0.05) is 37.5 Å². The summed E-state index contributed by atoms with van der Waals surface area (Å²) in [5, 5.41) is 0. The lowest BCUT2D eigenvalue weighted by atomic mass is 9.92. The summed E-state index contributed by atoms with van der Waals surface area (Å²) in [6.45, 7) is 22.4. The Morgan fingerprint density at radius 3 is 2.47 bits per heavy atom. The fraction of sp³-hybridized carbons (Fsp3) is 0.913. The molecular formula is C23H44N3O3P. The molecular weight excluding hydrogens is 397 g/mol. The van der Waals surface area contributed by atoms with Gasteiger partial charge in [0.25, 0.3) is 8.53 Å². The zero-order valence-corrected chi connectivity index (χ0v) is 21.0. The Kier molecular flexibility index (Phi) is 13.8. The lowest BCUT2D eigenvalue weighted by Crippen LogP contribution is -2.47. The van der Waals surface area contributed by atoms with Crippen LogP contribution in [0.1, 0.15) is 86.5 Å². The van der Waals surface area contributed by atoms with Crippen LogP contribution in [0, 0.1) is 12.5 Å². The first kappa shape index (κ1) is 27.3. The van der Waals surface area contributed by atoms with Crippen molar-refractivity contribution in [1.82, 2.24) is 9.57 Å². The summed E-state index contributed by atoms with van der Waals surface area (Å²) in [6, 6.07) is 0.600. The van der Waals surface area contributed by atoms with E-state index in [1.54, 1.807) is 0 Å². The van der Waals surface area contributed by atoms with E-state index in [1.165, 1.54) is 12.8 Å². The highest BCUT2D eigenvalue weighted by Gasteiger charge is 2.36. The van der Waals surface area contributed by atoms with E-state index in [4.69, 9.17) is 15.6 Å². The third-order valence-electron chi connectivity index (χ3n) is 5.66. The van der Waals surface area contributed by atoms with E-state index in [0.29, 0.717) is 43.5 Å². The number of hydrogen-bond donors (Lipinski definition) is 0. The van der Waals surface area contributed by atoms with Crippen molar-refractivity contribution in [1.29, 1.82) is 0 Å². The van der Waals surface area contributed by atoms with Gasteiger partial charge in [-0.15, -0.1) is 0 Å².